The molecule has 1 atom stereocenters. The van der Waals surface area contributed by atoms with Gasteiger partial charge in [0, 0.05) is 17.1 Å². The number of carbonyl (C=O) groups is 4. The van der Waals surface area contributed by atoms with Crippen molar-refractivity contribution in [1.29, 1.82) is 0 Å². The molecule has 2 rings (SSSR count). The quantitative estimate of drug-likeness (QED) is 0.308. The summed E-state index contributed by atoms with van der Waals surface area (Å²) in [5.41, 5.74) is -0.190. The minimum Gasteiger partial charge on any atom is -0.349 e. The van der Waals surface area contributed by atoms with Crippen molar-refractivity contribution in [3.63, 3.8) is 0 Å². The number of amides is 2. The van der Waals surface area contributed by atoms with Crippen molar-refractivity contribution in [3.05, 3.63) is 57.2 Å². The van der Waals surface area contributed by atoms with Gasteiger partial charge in [0.25, 0.3) is 17.6 Å². The van der Waals surface area contributed by atoms with Crippen molar-refractivity contribution < 1.29 is 19.2 Å². The summed E-state index contributed by atoms with van der Waals surface area (Å²) in [7, 11) is 0. The minimum atomic E-state index is -1.48. The second-order valence-electron chi connectivity index (χ2n) is 9.95. The molecular weight excluding hydrogens is 460 g/mol. The van der Waals surface area contributed by atoms with Crippen LogP contribution in [-0.4, -0.2) is 39.9 Å². The molecular formula is C25H31ClN2O4S. The van der Waals surface area contributed by atoms with Gasteiger partial charge in [-0.15, -0.1) is 11.3 Å². The van der Waals surface area contributed by atoms with E-state index < -0.39 is 35.0 Å². The van der Waals surface area contributed by atoms with Gasteiger partial charge >= 0.3 is 0 Å². The molecule has 2 aromatic rings. The zero-order valence-corrected chi connectivity index (χ0v) is 21.5. The molecule has 0 aliphatic rings. The summed E-state index contributed by atoms with van der Waals surface area (Å²) < 4.78 is 0. The topological polar surface area (TPSA) is 83.6 Å². The molecule has 1 aromatic carbocycles. The van der Waals surface area contributed by atoms with Crippen LogP contribution >= 0.6 is 22.9 Å². The molecule has 0 saturated heterocycles. The highest BCUT2D eigenvalue weighted by Crippen LogP contribution is 2.27. The lowest BCUT2D eigenvalue weighted by Gasteiger charge is -2.36. The Morgan fingerprint density at radius 3 is 2.18 bits per heavy atom. The maximum Gasteiger partial charge on any atom is 0.297 e. The average Bonchev–Trinajstić information content (AvgIpc) is 3.19. The number of ketones is 2. The van der Waals surface area contributed by atoms with Gasteiger partial charge in [0.1, 0.15) is 0 Å². The molecule has 33 heavy (non-hydrogen) atoms. The molecule has 1 aromatic heterocycles. The summed E-state index contributed by atoms with van der Waals surface area (Å²) in [4.78, 5) is 53.5. The van der Waals surface area contributed by atoms with Gasteiger partial charge in [-0.25, -0.2) is 0 Å². The SMILES string of the molecule is CC(=O)C(C(=O)NC(C)(C)CC(C)(C)C)N(Cc1ccccc1Cl)C(=O)C(=O)c1cccs1. The number of nitrogens with zero attached hydrogens (tertiary/aromatic N) is 1. The van der Waals surface area contributed by atoms with Crippen molar-refractivity contribution in [2.75, 3.05) is 0 Å². The van der Waals surface area contributed by atoms with E-state index in [1.54, 1.807) is 35.7 Å². The van der Waals surface area contributed by atoms with Gasteiger partial charge in [-0.3, -0.25) is 19.2 Å². The summed E-state index contributed by atoms with van der Waals surface area (Å²) in [6.07, 6.45) is 0.642. The van der Waals surface area contributed by atoms with Gasteiger partial charge in [0.2, 0.25) is 0 Å². The number of thiophene rings is 1. The van der Waals surface area contributed by atoms with Gasteiger partial charge in [-0.1, -0.05) is 56.6 Å². The lowest BCUT2D eigenvalue weighted by atomic mass is 9.81. The number of hydrogen-bond donors (Lipinski definition) is 1. The fraction of sp³-hybridized carbons (Fsp3) is 0.440. The molecule has 0 aliphatic heterocycles. The first-order valence-corrected chi connectivity index (χ1v) is 11.9. The molecule has 6 nitrogen and oxygen atoms in total. The van der Waals surface area contributed by atoms with Crippen molar-refractivity contribution in [2.24, 2.45) is 5.41 Å². The van der Waals surface area contributed by atoms with Gasteiger partial charge < -0.3 is 10.2 Å². The molecule has 0 bridgehead atoms. The maximum atomic E-state index is 13.3. The normalized spacial score (nSPS) is 12.7. The highest BCUT2D eigenvalue weighted by Gasteiger charge is 2.39. The molecule has 0 radical (unpaired) electrons. The third-order valence-electron chi connectivity index (χ3n) is 4.88. The lowest BCUT2D eigenvalue weighted by molar-refractivity contribution is -0.144. The van der Waals surface area contributed by atoms with Crippen LogP contribution in [0.1, 0.15) is 63.2 Å². The van der Waals surface area contributed by atoms with Crippen LogP contribution < -0.4 is 5.32 Å². The third kappa shape index (κ3) is 7.51. The predicted octanol–water partition coefficient (Wildman–Crippen LogP) is 4.90. The van der Waals surface area contributed by atoms with Crippen molar-refractivity contribution in [1.82, 2.24) is 10.2 Å². The van der Waals surface area contributed by atoms with Crippen LogP contribution in [0.15, 0.2) is 41.8 Å². The summed E-state index contributed by atoms with van der Waals surface area (Å²) in [6.45, 7) is 11.0. The van der Waals surface area contributed by atoms with E-state index in [0.717, 1.165) is 16.2 Å². The number of Topliss-reactive ketones (excluding diaryl/α,β-unsaturated/α-hetero) is 2. The van der Waals surface area contributed by atoms with Crippen molar-refractivity contribution in [3.8, 4) is 0 Å². The molecule has 0 aliphatic carbocycles. The summed E-state index contributed by atoms with van der Waals surface area (Å²) in [5, 5.41) is 4.96. The molecule has 0 fully saturated rings. The van der Waals surface area contributed by atoms with E-state index in [0.29, 0.717) is 17.0 Å². The molecule has 178 valence electrons. The zero-order chi connectivity index (χ0) is 25.0. The van der Waals surface area contributed by atoms with Crippen LogP contribution in [0, 0.1) is 5.41 Å². The highest BCUT2D eigenvalue weighted by atomic mass is 35.5. The summed E-state index contributed by atoms with van der Waals surface area (Å²) >= 11 is 7.41. The number of rotatable bonds is 9. The third-order valence-corrected chi connectivity index (χ3v) is 6.11. The monoisotopic (exact) mass is 490 g/mol. The van der Waals surface area contributed by atoms with Gasteiger partial charge in [0.05, 0.1) is 4.88 Å². The Balaban J connectivity index is 2.45. The van der Waals surface area contributed by atoms with E-state index in [2.05, 4.69) is 26.1 Å². The fourth-order valence-electron chi connectivity index (χ4n) is 4.05. The number of carbonyl (C=O) groups excluding carboxylic acids is 4. The number of benzene rings is 1. The van der Waals surface area contributed by atoms with Crippen molar-refractivity contribution in [2.45, 2.75) is 66.1 Å². The highest BCUT2D eigenvalue weighted by molar-refractivity contribution is 7.13. The lowest BCUT2D eigenvalue weighted by Crippen LogP contribution is -2.58. The Labute approximate surface area is 204 Å². The molecule has 1 unspecified atom stereocenters. The Morgan fingerprint density at radius 2 is 1.67 bits per heavy atom. The van der Waals surface area contributed by atoms with E-state index in [-0.39, 0.29) is 16.8 Å². The molecule has 0 spiro atoms. The van der Waals surface area contributed by atoms with Gasteiger partial charge in [-0.05, 0) is 55.7 Å². The Hall–Kier alpha value is -2.51. The first-order valence-electron chi connectivity index (χ1n) is 10.7. The number of nitrogens with one attached hydrogen (secondary N) is 1. The molecule has 8 heteroatoms. The van der Waals surface area contributed by atoms with Crippen LogP contribution in [0.5, 0.6) is 0 Å². The largest absolute Gasteiger partial charge is 0.349 e. The van der Waals surface area contributed by atoms with Crippen LogP contribution in [0.2, 0.25) is 5.02 Å². The maximum absolute atomic E-state index is 13.3. The second-order valence-corrected chi connectivity index (χ2v) is 11.3. The number of hydrogen-bond acceptors (Lipinski definition) is 5. The smallest absolute Gasteiger partial charge is 0.297 e. The van der Waals surface area contributed by atoms with E-state index in [1.807, 2.05) is 13.8 Å². The standard InChI is InChI=1S/C25H31ClN2O4S/c1-16(29)20(22(31)27-25(5,6)15-24(2,3)4)28(14-17-10-7-8-11-18(17)26)23(32)21(30)19-12-9-13-33-19/h7-13,20H,14-15H2,1-6H3,(H,27,31). The van der Waals surface area contributed by atoms with E-state index >= 15 is 0 Å². The summed E-state index contributed by atoms with van der Waals surface area (Å²) in [6, 6.07) is 8.53. The van der Waals surface area contributed by atoms with Gasteiger partial charge in [0.15, 0.2) is 11.8 Å². The summed E-state index contributed by atoms with van der Waals surface area (Å²) in [5.74, 6) is -2.87. The van der Waals surface area contributed by atoms with E-state index in [1.165, 1.54) is 13.0 Å². The Kier molecular flexibility index (Phi) is 8.60. The first kappa shape index (κ1) is 26.7. The van der Waals surface area contributed by atoms with Gasteiger partial charge in [-0.2, -0.15) is 0 Å². The van der Waals surface area contributed by atoms with Crippen LogP contribution in [0.25, 0.3) is 0 Å². The van der Waals surface area contributed by atoms with Crippen LogP contribution in [-0.2, 0) is 20.9 Å². The molecule has 1 heterocycles. The first-order chi connectivity index (χ1) is 15.2. The average molecular weight is 491 g/mol. The Morgan fingerprint density at radius 1 is 1.03 bits per heavy atom. The van der Waals surface area contributed by atoms with E-state index in [4.69, 9.17) is 11.6 Å². The molecule has 1 N–H and O–H groups in total. The van der Waals surface area contributed by atoms with Crippen LogP contribution in [0.3, 0.4) is 0 Å². The predicted molar refractivity (Wildman–Crippen MR) is 131 cm³/mol. The zero-order valence-electron chi connectivity index (χ0n) is 19.9. The minimum absolute atomic E-state index is 0.0787. The second kappa shape index (κ2) is 10.6. The molecule has 0 saturated carbocycles. The van der Waals surface area contributed by atoms with Crippen molar-refractivity contribution >= 4 is 46.3 Å². The number of halogens is 1. The fourth-order valence-corrected chi connectivity index (χ4v) is 4.90. The van der Waals surface area contributed by atoms with E-state index in [9.17, 15) is 19.2 Å². The van der Waals surface area contributed by atoms with Crippen LogP contribution in [0.4, 0.5) is 0 Å². The Bertz CT molecular complexity index is 1030. The molecule has 2 amide bonds.